The first-order valence-corrected chi connectivity index (χ1v) is 8.49. The molecule has 1 aromatic carbocycles. The molecule has 1 N–H and O–H groups in total. The lowest BCUT2D eigenvalue weighted by Crippen LogP contribution is -2.24. The fourth-order valence-electron chi connectivity index (χ4n) is 3.10. The molecule has 2 aromatic heterocycles. The number of nitrogens with zero attached hydrogens (tertiary/aromatic N) is 2. The molecule has 0 radical (unpaired) electrons. The average molecular weight is 384 g/mol. The maximum absolute atomic E-state index is 13.1. The van der Waals surface area contributed by atoms with E-state index in [1.807, 2.05) is 0 Å². The van der Waals surface area contributed by atoms with Crippen molar-refractivity contribution >= 4 is 11.6 Å². The molecule has 0 amide bonds. The van der Waals surface area contributed by atoms with Gasteiger partial charge in [0.2, 0.25) is 5.88 Å². The third-order valence-electron chi connectivity index (χ3n) is 4.51. The van der Waals surface area contributed by atoms with Crippen LogP contribution in [0.3, 0.4) is 0 Å². The zero-order valence-electron chi connectivity index (χ0n) is 15.7. The predicted octanol–water partition coefficient (Wildman–Crippen LogP) is 2.11. The number of aromatic hydroxyl groups is 1. The van der Waals surface area contributed by atoms with E-state index in [-0.39, 0.29) is 12.0 Å². The molecular formula is C20H20N2O6. The number of carbonyl (C=O) groups is 1. The van der Waals surface area contributed by atoms with Gasteiger partial charge in [0, 0.05) is 12.1 Å². The lowest BCUT2D eigenvalue weighted by Gasteiger charge is -2.19. The minimum absolute atomic E-state index is 0.00122. The van der Waals surface area contributed by atoms with Gasteiger partial charge in [-0.1, -0.05) is 12.1 Å². The monoisotopic (exact) mass is 384 g/mol. The Morgan fingerprint density at radius 3 is 2.57 bits per heavy atom. The first-order valence-electron chi connectivity index (χ1n) is 8.49. The van der Waals surface area contributed by atoms with E-state index in [0.29, 0.717) is 22.7 Å². The number of benzene rings is 1. The molecule has 8 nitrogen and oxygen atoms in total. The third-order valence-corrected chi connectivity index (χ3v) is 4.51. The topological polar surface area (TPSA) is 99.4 Å². The van der Waals surface area contributed by atoms with E-state index in [1.165, 1.54) is 25.7 Å². The van der Waals surface area contributed by atoms with Crippen LogP contribution < -0.4 is 15.0 Å². The maximum Gasteiger partial charge on any atom is 0.306 e. The molecule has 1 atom stereocenters. The van der Waals surface area contributed by atoms with E-state index < -0.39 is 23.3 Å². The fourth-order valence-corrected chi connectivity index (χ4v) is 3.10. The Bertz CT molecular complexity index is 1080. The number of fused-ring (bicyclic) bond motifs is 1. The van der Waals surface area contributed by atoms with Crippen molar-refractivity contribution in [3.8, 4) is 17.4 Å². The molecule has 0 aliphatic rings. The molecule has 0 spiro atoms. The number of ether oxygens (including phenoxy) is 3. The van der Waals surface area contributed by atoms with Crippen molar-refractivity contribution in [1.82, 2.24) is 9.38 Å². The van der Waals surface area contributed by atoms with Gasteiger partial charge >= 0.3 is 5.97 Å². The van der Waals surface area contributed by atoms with Gasteiger partial charge in [-0.05, 0) is 29.8 Å². The Labute approximate surface area is 160 Å². The van der Waals surface area contributed by atoms with E-state index in [2.05, 4.69) is 4.98 Å². The van der Waals surface area contributed by atoms with Crippen LogP contribution in [-0.2, 0) is 9.53 Å². The van der Waals surface area contributed by atoms with E-state index in [1.54, 1.807) is 42.6 Å². The van der Waals surface area contributed by atoms with Crippen LogP contribution in [-0.4, -0.2) is 41.8 Å². The summed E-state index contributed by atoms with van der Waals surface area (Å²) >= 11 is 0. The van der Waals surface area contributed by atoms with Gasteiger partial charge in [-0.15, -0.1) is 0 Å². The summed E-state index contributed by atoms with van der Waals surface area (Å²) < 4.78 is 16.7. The first-order chi connectivity index (χ1) is 13.5. The van der Waals surface area contributed by atoms with Crippen molar-refractivity contribution in [2.75, 3.05) is 21.3 Å². The zero-order valence-corrected chi connectivity index (χ0v) is 15.7. The van der Waals surface area contributed by atoms with Gasteiger partial charge in [0.1, 0.15) is 5.65 Å². The molecule has 0 fully saturated rings. The second-order valence-electron chi connectivity index (χ2n) is 6.03. The van der Waals surface area contributed by atoms with Crippen molar-refractivity contribution in [3.63, 3.8) is 0 Å². The summed E-state index contributed by atoms with van der Waals surface area (Å²) in [5.74, 6) is -0.815. The minimum Gasteiger partial charge on any atom is -0.493 e. The van der Waals surface area contributed by atoms with Crippen LogP contribution in [0.4, 0.5) is 0 Å². The molecule has 0 aliphatic heterocycles. The van der Waals surface area contributed by atoms with Crippen molar-refractivity contribution in [3.05, 3.63) is 64.1 Å². The quantitative estimate of drug-likeness (QED) is 0.650. The highest BCUT2D eigenvalue weighted by Crippen LogP contribution is 2.36. The van der Waals surface area contributed by atoms with E-state index >= 15 is 0 Å². The third kappa shape index (κ3) is 3.48. The number of methoxy groups -OCH3 is 3. The van der Waals surface area contributed by atoms with Crippen LogP contribution in [0.15, 0.2) is 47.4 Å². The maximum atomic E-state index is 13.1. The molecule has 0 bridgehead atoms. The largest absolute Gasteiger partial charge is 0.493 e. The number of hydrogen-bond donors (Lipinski definition) is 1. The SMILES string of the molecule is COC(=O)C[C@@H](c1ccc(OC)c(OC)c1)c1c(O)nc2ccccn2c1=O. The summed E-state index contributed by atoms with van der Waals surface area (Å²) in [4.78, 5) is 29.2. The number of carbonyl (C=O) groups excluding carboxylic acids is 1. The van der Waals surface area contributed by atoms with Crippen molar-refractivity contribution in [2.24, 2.45) is 0 Å². The molecule has 0 aliphatic carbocycles. The van der Waals surface area contributed by atoms with Crippen LogP contribution in [0, 0.1) is 0 Å². The molecule has 0 saturated heterocycles. The average Bonchev–Trinajstić information content (AvgIpc) is 2.72. The predicted molar refractivity (Wildman–Crippen MR) is 101 cm³/mol. The second kappa shape index (κ2) is 7.99. The molecule has 2 heterocycles. The fraction of sp³-hybridized carbons (Fsp3) is 0.250. The number of aromatic nitrogens is 2. The lowest BCUT2D eigenvalue weighted by molar-refractivity contribution is -0.140. The molecule has 146 valence electrons. The van der Waals surface area contributed by atoms with Gasteiger partial charge in [0.15, 0.2) is 11.5 Å². The van der Waals surface area contributed by atoms with Crippen LogP contribution in [0.25, 0.3) is 5.65 Å². The van der Waals surface area contributed by atoms with Crippen molar-refractivity contribution < 1.29 is 24.1 Å². The van der Waals surface area contributed by atoms with Gasteiger partial charge < -0.3 is 19.3 Å². The minimum atomic E-state index is -0.788. The van der Waals surface area contributed by atoms with Gasteiger partial charge in [-0.3, -0.25) is 14.0 Å². The highest BCUT2D eigenvalue weighted by atomic mass is 16.5. The Kier molecular flexibility index (Phi) is 5.49. The molecule has 0 unspecified atom stereocenters. The lowest BCUT2D eigenvalue weighted by atomic mass is 9.89. The second-order valence-corrected chi connectivity index (χ2v) is 6.03. The molecule has 0 saturated carbocycles. The van der Waals surface area contributed by atoms with Crippen LogP contribution in [0.1, 0.15) is 23.5 Å². The van der Waals surface area contributed by atoms with Crippen molar-refractivity contribution in [1.29, 1.82) is 0 Å². The molecular weight excluding hydrogens is 364 g/mol. The van der Waals surface area contributed by atoms with E-state index in [9.17, 15) is 14.7 Å². The number of rotatable bonds is 6. The van der Waals surface area contributed by atoms with E-state index in [4.69, 9.17) is 14.2 Å². The summed E-state index contributed by atoms with van der Waals surface area (Å²) in [5.41, 5.74) is 0.416. The number of esters is 1. The van der Waals surface area contributed by atoms with Crippen LogP contribution in [0.2, 0.25) is 0 Å². The van der Waals surface area contributed by atoms with Crippen LogP contribution in [0.5, 0.6) is 17.4 Å². The Morgan fingerprint density at radius 1 is 1.14 bits per heavy atom. The highest BCUT2D eigenvalue weighted by molar-refractivity contribution is 5.71. The summed E-state index contributed by atoms with van der Waals surface area (Å²) in [7, 11) is 4.26. The van der Waals surface area contributed by atoms with Gasteiger partial charge in [0.25, 0.3) is 5.56 Å². The number of pyridine rings is 1. The Morgan fingerprint density at radius 2 is 1.89 bits per heavy atom. The zero-order chi connectivity index (χ0) is 20.3. The summed E-state index contributed by atoms with van der Waals surface area (Å²) in [6, 6.07) is 10.0. The molecule has 8 heteroatoms. The Hall–Kier alpha value is -3.55. The molecule has 3 aromatic rings. The summed E-state index contributed by atoms with van der Waals surface area (Å²) in [6.07, 6.45) is 1.40. The molecule has 3 rings (SSSR count). The van der Waals surface area contributed by atoms with Crippen LogP contribution >= 0.6 is 0 Å². The van der Waals surface area contributed by atoms with Gasteiger partial charge in [-0.25, -0.2) is 0 Å². The van der Waals surface area contributed by atoms with Crippen molar-refractivity contribution in [2.45, 2.75) is 12.3 Å². The first kappa shape index (κ1) is 19.2. The van der Waals surface area contributed by atoms with Gasteiger partial charge in [0.05, 0.1) is 33.3 Å². The normalized spacial score (nSPS) is 11.8. The molecule has 28 heavy (non-hydrogen) atoms. The highest BCUT2D eigenvalue weighted by Gasteiger charge is 2.27. The standard InChI is InChI=1S/C20H20N2O6/c1-26-14-8-7-12(10-15(14)27-2)13(11-17(23)28-3)18-19(24)21-16-6-4-5-9-22(16)20(18)25/h4-10,13,24H,11H2,1-3H3/t13-/m0/s1. The summed E-state index contributed by atoms with van der Waals surface area (Å²) in [6.45, 7) is 0. The summed E-state index contributed by atoms with van der Waals surface area (Å²) in [5, 5.41) is 10.5. The number of hydrogen-bond acceptors (Lipinski definition) is 7. The smallest absolute Gasteiger partial charge is 0.306 e. The Balaban J connectivity index is 2.23. The van der Waals surface area contributed by atoms with E-state index in [0.717, 1.165) is 0 Å². The van der Waals surface area contributed by atoms with Gasteiger partial charge in [-0.2, -0.15) is 4.98 Å².